The summed E-state index contributed by atoms with van der Waals surface area (Å²) >= 11 is 3.35. The van der Waals surface area contributed by atoms with Gasteiger partial charge in [0.1, 0.15) is 0 Å². The minimum absolute atomic E-state index is 0.370. The van der Waals surface area contributed by atoms with E-state index in [9.17, 15) is 9.90 Å². The van der Waals surface area contributed by atoms with Gasteiger partial charge in [-0.1, -0.05) is 6.07 Å². The van der Waals surface area contributed by atoms with Crippen LogP contribution < -0.4 is 4.90 Å². The molecule has 0 fully saturated rings. The first-order chi connectivity index (χ1) is 6.93. The van der Waals surface area contributed by atoms with Crippen LogP contribution in [0.4, 0.5) is 5.69 Å². The largest absolute Gasteiger partial charge is 0.479 e. The maximum Gasteiger partial charge on any atom is 0.337 e. The van der Waals surface area contributed by atoms with Crippen molar-refractivity contribution in [2.45, 2.75) is 6.10 Å². The molecule has 1 aromatic carbocycles. The lowest BCUT2D eigenvalue weighted by Gasteiger charge is -2.16. The Hall–Kier alpha value is -1.07. The van der Waals surface area contributed by atoms with Crippen LogP contribution in [0.1, 0.15) is 11.7 Å². The van der Waals surface area contributed by atoms with Crippen molar-refractivity contribution in [3.8, 4) is 0 Å². The second-order valence-corrected chi connectivity index (χ2v) is 4.20. The lowest BCUT2D eigenvalue weighted by Crippen LogP contribution is -2.13. The van der Waals surface area contributed by atoms with E-state index in [0.717, 1.165) is 10.2 Å². The Labute approximate surface area is 96.3 Å². The summed E-state index contributed by atoms with van der Waals surface area (Å²) < 4.78 is 0.855. The summed E-state index contributed by atoms with van der Waals surface area (Å²) in [4.78, 5) is 12.4. The number of hydrogen-bond acceptors (Lipinski definition) is 3. The van der Waals surface area contributed by atoms with Crippen molar-refractivity contribution in [1.29, 1.82) is 0 Å². The molecule has 0 amide bonds. The van der Waals surface area contributed by atoms with E-state index in [0.29, 0.717) is 5.56 Å². The molecule has 1 rings (SSSR count). The van der Waals surface area contributed by atoms with Gasteiger partial charge in [0.15, 0.2) is 6.10 Å². The number of anilines is 1. The zero-order chi connectivity index (χ0) is 11.6. The van der Waals surface area contributed by atoms with Gasteiger partial charge in [0.25, 0.3) is 0 Å². The van der Waals surface area contributed by atoms with Gasteiger partial charge < -0.3 is 15.1 Å². The Bertz CT molecular complexity index is 379. The number of aliphatic carboxylic acids is 1. The molecule has 0 spiro atoms. The number of benzene rings is 1. The second kappa shape index (κ2) is 4.63. The molecule has 0 aliphatic carbocycles. The SMILES string of the molecule is CN(C)c1cc(C(O)C(=O)O)ccc1Br. The molecule has 1 unspecified atom stereocenters. The summed E-state index contributed by atoms with van der Waals surface area (Å²) in [5.74, 6) is -1.25. The van der Waals surface area contributed by atoms with Gasteiger partial charge in [-0.3, -0.25) is 0 Å². The van der Waals surface area contributed by atoms with E-state index in [4.69, 9.17) is 5.11 Å². The highest BCUT2D eigenvalue weighted by Crippen LogP contribution is 2.28. The summed E-state index contributed by atoms with van der Waals surface area (Å²) in [5, 5.41) is 18.0. The third-order valence-corrected chi connectivity index (χ3v) is 2.67. The van der Waals surface area contributed by atoms with Crippen LogP contribution in [0.25, 0.3) is 0 Å². The number of hydrogen-bond donors (Lipinski definition) is 2. The fourth-order valence-corrected chi connectivity index (χ4v) is 1.79. The molecule has 0 saturated carbocycles. The number of rotatable bonds is 3. The van der Waals surface area contributed by atoms with Crippen molar-refractivity contribution in [1.82, 2.24) is 0 Å². The molecule has 0 bridgehead atoms. The molecule has 1 aromatic rings. The molecule has 15 heavy (non-hydrogen) atoms. The van der Waals surface area contributed by atoms with Crippen molar-refractivity contribution >= 4 is 27.6 Å². The first-order valence-corrected chi connectivity index (χ1v) is 5.10. The highest BCUT2D eigenvalue weighted by molar-refractivity contribution is 9.10. The Balaban J connectivity index is 3.13. The topological polar surface area (TPSA) is 60.8 Å². The average molecular weight is 274 g/mol. The van der Waals surface area contributed by atoms with Crippen LogP contribution in [0.15, 0.2) is 22.7 Å². The lowest BCUT2D eigenvalue weighted by molar-refractivity contribution is -0.146. The number of halogens is 1. The highest BCUT2D eigenvalue weighted by atomic mass is 79.9. The normalized spacial score (nSPS) is 12.3. The van der Waals surface area contributed by atoms with Gasteiger partial charge in [-0.15, -0.1) is 0 Å². The van der Waals surface area contributed by atoms with Crippen LogP contribution in [0.2, 0.25) is 0 Å². The van der Waals surface area contributed by atoms with Crippen LogP contribution in [0.5, 0.6) is 0 Å². The third kappa shape index (κ3) is 2.70. The monoisotopic (exact) mass is 273 g/mol. The molecule has 82 valence electrons. The molecule has 0 saturated heterocycles. The zero-order valence-corrected chi connectivity index (χ0v) is 10.0. The third-order valence-electron chi connectivity index (χ3n) is 2.00. The van der Waals surface area contributed by atoms with E-state index >= 15 is 0 Å². The van der Waals surface area contributed by atoms with E-state index in [1.54, 1.807) is 18.2 Å². The Kier molecular flexibility index (Phi) is 3.71. The van der Waals surface area contributed by atoms with Gasteiger partial charge in [-0.2, -0.15) is 0 Å². The second-order valence-electron chi connectivity index (χ2n) is 3.35. The number of aliphatic hydroxyl groups is 1. The number of aliphatic hydroxyl groups excluding tert-OH is 1. The summed E-state index contributed by atoms with van der Waals surface area (Å²) in [6.45, 7) is 0. The molecule has 0 aliphatic rings. The van der Waals surface area contributed by atoms with Gasteiger partial charge in [-0.05, 0) is 33.6 Å². The van der Waals surface area contributed by atoms with Crippen molar-refractivity contribution in [3.05, 3.63) is 28.2 Å². The quantitative estimate of drug-likeness (QED) is 0.879. The summed E-state index contributed by atoms with van der Waals surface area (Å²) in [5.41, 5.74) is 1.20. The minimum Gasteiger partial charge on any atom is -0.479 e. The maximum absolute atomic E-state index is 10.6. The Morgan fingerprint density at radius 3 is 2.53 bits per heavy atom. The van der Waals surface area contributed by atoms with E-state index in [1.165, 1.54) is 0 Å². The molecule has 0 aliphatic heterocycles. The van der Waals surface area contributed by atoms with E-state index < -0.39 is 12.1 Å². The fraction of sp³-hybridized carbons (Fsp3) is 0.300. The van der Waals surface area contributed by atoms with Gasteiger partial charge in [0, 0.05) is 18.6 Å². The predicted molar refractivity (Wildman–Crippen MR) is 61.1 cm³/mol. The molecule has 0 aromatic heterocycles. The van der Waals surface area contributed by atoms with E-state index in [2.05, 4.69) is 15.9 Å². The standard InChI is InChI=1S/C10H12BrNO3/c1-12(2)8-5-6(3-4-7(8)11)9(13)10(14)15/h3-5,9,13H,1-2H3,(H,14,15). The number of carboxylic acid groups (broad SMARTS) is 1. The first-order valence-electron chi connectivity index (χ1n) is 4.31. The Morgan fingerprint density at radius 1 is 1.47 bits per heavy atom. The molecule has 0 heterocycles. The fourth-order valence-electron chi connectivity index (χ4n) is 1.19. The first kappa shape index (κ1) is 12.0. The number of carbonyl (C=O) groups is 1. The van der Waals surface area contributed by atoms with Crippen molar-refractivity contribution in [2.24, 2.45) is 0 Å². The number of nitrogens with zero attached hydrogens (tertiary/aromatic N) is 1. The molecular formula is C10H12BrNO3. The summed E-state index contributed by atoms with van der Waals surface area (Å²) in [6, 6.07) is 4.94. The zero-order valence-electron chi connectivity index (χ0n) is 8.44. The molecule has 4 nitrogen and oxygen atoms in total. The van der Waals surface area contributed by atoms with Gasteiger partial charge in [0.05, 0.1) is 5.69 Å². The van der Waals surface area contributed by atoms with Gasteiger partial charge >= 0.3 is 5.97 Å². The van der Waals surface area contributed by atoms with Gasteiger partial charge in [0.2, 0.25) is 0 Å². The lowest BCUT2D eigenvalue weighted by atomic mass is 10.1. The molecule has 1 atom stereocenters. The van der Waals surface area contributed by atoms with Crippen LogP contribution in [-0.4, -0.2) is 30.3 Å². The highest BCUT2D eigenvalue weighted by Gasteiger charge is 2.17. The average Bonchev–Trinajstić information content (AvgIpc) is 2.16. The van der Waals surface area contributed by atoms with Crippen molar-refractivity contribution in [3.63, 3.8) is 0 Å². The van der Waals surface area contributed by atoms with Crippen molar-refractivity contribution < 1.29 is 15.0 Å². The minimum atomic E-state index is -1.48. The summed E-state index contributed by atoms with van der Waals surface area (Å²) in [6.07, 6.45) is -1.48. The van der Waals surface area contributed by atoms with Crippen LogP contribution in [0, 0.1) is 0 Å². The predicted octanol–water partition coefficient (Wildman–Crippen LogP) is 1.63. The summed E-state index contributed by atoms with van der Waals surface area (Å²) in [7, 11) is 3.69. The molecule has 5 heteroatoms. The maximum atomic E-state index is 10.6. The van der Waals surface area contributed by atoms with Crippen molar-refractivity contribution in [2.75, 3.05) is 19.0 Å². The van der Waals surface area contributed by atoms with Crippen LogP contribution in [0.3, 0.4) is 0 Å². The van der Waals surface area contributed by atoms with Gasteiger partial charge in [-0.25, -0.2) is 4.79 Å². The van der Waals surface area contributed by atoms with E-state index in [-0.39, 0.29) is 0 Å². The van der Waals surface area contributed by atoms with Crippen LogP contribution in [-0.2, 0) is 4.79 Å². The molecular weight excluding hydrogens is 262 g/mol. The Morgan fingerprint density at radius 2 is 2.07 bits per heavy atom. The molecule has 2 N–H and O–H groups in total. The smallest absolute Gasteiger partial charge is 0.337 e. The molecule has 0 radical (unpaired) electrons. The van der Waals surface area contributed by atoms with Crippen LogP contribution >= 0.6 is 15.9 Å². The van der Waals surface area contributed by atoms with E-state index in [1.807, 2.05) is 19.0 Å². The number of carboxylic acids is 1.